The van der Waals surface area contributed by atoms with Gasteiger partial charge in [-0.05, 0) is 49.7 Å². The summed E-state index contributed by atoms with van der Waals surface area (Å²) in [5.41, 5.74) is 3.62. The number of carbonyl (C=O) groups excluding carboxylic acids is 1. The molecule has 4 rings (SSSR count). The van der Waals surface area contributed by atoms with Crippen LogP contribution >= 0.6 is 11.6 Å². The Labute approximate surface area is 175 Å². The highest BCUT2D eigenvalue weighted by atomic mass is 35.5. The predicted molar refractivity (Wildman–Crippen MR) is 115 cm³/mol. The van der Waals surface area contributed by atoms with E-state index in [1.807, 2.05) is 49.1 Å². The van der Waals surface area contributed by atoms with Crippen molar-refractivity contribution in [3.05, 3.63) is 58.7 Å². The molecule has 1 saturated heterocycles. The summed E-state index contributed by atoms with van der Waals surface area (Å²) in [4.78, 5) is 26.0. The minimum Gasteiger partial charge on any atom is -0.484 e. The van der Waals surface area contributed by atoms with Crippen molar-refractivity contribution < 1.29 is 9.53 Å². The molecular weight excluding hydrogens is 388 g/mol. The molecule has 29 heavy (non-hydrogen) atoms. The highest BCUT2D eigenvalue weighted by molar-refractivity contribution is 6.31. The molecule has 0 spiro atoms. The van der Waals surface area contributed by atoms with E-state index in [9.17, 15) is 4.79 Å². The van der Waals surface area contributed by atoms with Crippen molar-refractivity contribution >= 4 is 34.4 Å². The monoisotopic (exact) mass is 410 g/mol. The van der Waals surface area contributed by atoms with E-state index in [0.29, 0.717) is 23.9 Å². The summed E-state index contributed by atoms with van der Waals surface area (Å²) in [5, 5.41) is 0.687. The number of halogens is 1. The van der Waals surface area contributed by atoms with Crippen LogP contribution in [0.25, 0.3) is 11.0 Å². The van der Waals surface area contributed by atoms with Gasteiger partial charge in [0, 0.05) is 31.2 Å². The van der Waals surface area contributed by atoms with E-state index < -0.39 is 0 Å². The first-order valence-electron chi connectivity index (χ1n) is 9.66. The Kier molecular flexibility index (Phi) is 5.53. The number of aryl methyl sites for hydroxylation is 2. The number of aromatic nitrogens is 2. The Hall–Kier alpha value is -2.86. The van der Waals surface area contributed by atoms with Crippen LogP contribution in [0.1, 0.15) is 11.3 Å². The summed E-state index contributed by atoms with van der Waals surface area (Å²) < 4.78 is 5.65. The average molecular weight is 411 g/mol. The molecule has 1 amide bonds. The van der Waals surface area contributed by atoms with E-state index in [0.717, 1.165) is 41.2 Å². The van der Waals surface area contributed by atoms with Crippen LogP contribution < -0.4 is 9.64 Å². The average Bonchev–Trinajstić information content (AvgIpc) is 2.74. The quantitative estimate of drug-likeness (QED) is 0.657. The van der Waals surface area contributed by atoms with Crippen molar-refractivity contribution in [2.75, 3.05) is 37.7 Å². The molecule has 1 aromatic heterocycles. The van der Waals surface area contributed by atoms with Crippen LogP contribution in [0, 0.1) is 13.8 Å². The van der Waals surface area contributed by atoms with Crippen LogP contribution in [-0.4, -0.2) is 53.6 Å². The van der Waals surface area contributed by atoms with Gasteiger partial charge >= 0.3 is 0 Å². The lowest BCUT2D eigenvalue weighted by atomic mass is 10.2. The zero-order valence-corrected chi connectivity index (χ0v) is 17.3. The number of carbonyl (C=O) groups is 1. The molecular formula is C22H23ClN4O2. The summed E-state index contributed by atoms with van der Waals surface area (Å²) in [6.07, 6.45) is 0. The number of hydrogen-bond acceptors (Lipinski definition) is 5. The van der Waals surface area contributed by atoms with Gasteiger partial charge in [-0.15, -0.1) is 0 Å². The maximum atomic E-state index is 12.5. The minimum atomic E-state index is -0.0152. The number of hydrogen-bond donors (Lipinski definition) is 0. The van der Waals surface area contributed by atoms with Crippen molar-refractivity contribution in [1.82, 2.24) is 14.9 Å². The molecule has 0 aliphatic carbocycles. The van der Waals surface area contributed by atoms with Crippen molar-refractivity contribution in [2.45, 2.75) is 13.8 Å². The zero-order chi connectivity index (χ0) is 20.4. The summed E-state index contributed by atoms with van der Waals surface area (Å²) in [7, 11) is 0. The molecule has 2 aromatic carbocycles. The lowest BCUT2D eigenvalue weighted by Crippen LogP contribution is -2.50. The Morgan fingerprint density at radius 1 is 1.03 bits per heavy atom. The summed E-state index contributed by atoms with van der Waals surface area (Å²) >= 11 is 6.03. The molecule has 6 nitrogen and oxygen atoms in total. The third kappa shape index (κ3) is 4.27. The first-order chi connectivity index (χ1) is 14.0. The molecule has 2 heterocycles. The molecule has 1 fully saturated rings. The van der Waals surface area contributed by atoms with Gasteiger partial charge in [0.1, 0.15) is 5.75 Å². The third-order valence-corrected chi connectivity index (χ3v) is 5.57. The van der Waals surface area contributed by atoms with Gasteiger partial charge in [0.15, 0.2) is 12.4 Å². The third-order valence-electron chi connectivity index (χ3n) is 5.14. The maximum absolute atomic E-state index is 12.5. The van der Waals surface area contributed by atoms with Gasteiger partial charge in [-0.25, -0.2) is 9.97 Å². The molecule has 0 saturated carbocycles. The Morgan fingerprint density at radius 2 is 1.72 bits per heavy atom. The van der Waals surface area contributed by atoms with E-state index >= 15 is 0 Å². The Morgan fingerprint density at radius 3 is 2.41 bits per heavy atom. The molecule has 3 aromatic rings. The number of rotatable bonds is 4. The van der Waals surface area contributed by atoms with Crippen LogP contribution in [0.4, 0.5) is 5.82 Å². The zero-order valence-electron chi connectivity index (χ0n) is 16.6. The van der Waals surface area contributed by atoms with E-state index in [-0.39, 0.29) is 12.5 Å². The molecule has 1 aliphatic rings. The van der Waals surface area contributed by atoms with Gasteiger partial charge < -0.3 is 14.5 Å². The normalized spacial score (nSPS) is 14.3. The number of anilines is 1. The number of ether oxygens (including phenoxy) is 1. The fourth-order valence-corrected chi connectivity index (χ4v) is 3.61. The van der Waals surface area contributed by atoms with Gasteiger partial charge in [-0.2, -0.15) is 0 Å². The highest BCUT2D eigenvalue weighted by Crippen LogP contribution is 2.22. The van der Waals surface area contributed by atoms with Gasteiger partial charge in [-0.3, -0.25) is 4.79 Å². The minimum absolute atomic E-state index is 0.0152. The summed E-state index contributed by atoms with van der Waals surface area (Å²) in [6, 6.07) is 13.3. The molecule has 7 heteroatoms. The second-order valence-corrected chi connectivity index (χ2v) is 7.60. The molecule has 150 valence electrons. The van der Waals surface area contributed by atoms with E-state index in [2.05, 4.69) is 9.88 Å². The number of nitrogens with zero attached hydrogens (tertiary/aromatic N) is 4. The second kappa shape index (κ2) is 8.25. The molecule has 0 N–H and O–H groups in total. The molecule has 0 radical (unpaired) electrons. The molecule has 0 unspecified atom stereocenters. The SMILES string of the molecule is Cc1cc(OCC(=O)N2CCN(c3nc4ccccc4nc3C)CC2)ccc1Cl. The fraction of sp³-hybridized carbons (Fsp3) is 0.318. The van der Waals surface area contributed by atoms with E-state index in [1.165, 1.54) is 0 Å². The summed E-state index contributed by atoms with van der Waals surface area (Å²) in [6.45, 7) is 6.63. The Bertz CT molecular complexity index is 1050. The van der Waals surface area contributed by atoms with Crippen LogP contribution in [0.3, 0.4) is 0 Å². The van der Waals surface area contributed by atoms with Crippen LogP contribution in [0.5, 0.6) is 5.75 Å². The number of para-hydroxylation sites is 2. The summed E-state index contributed by atoms with van der Waals surface area (Å²) in [5.74, 6) is 1.53. The molecule has 0 atom stereocenters. The molecule has 0 bridgehead atoms. The number of piperazine rings is 1. The van der Waals surface area contributed by atoms with E-state index in [4.69, 9.17) is 21.3 Å². The number of benzene rings is 2. The maximum Gasteiger partial charge on any atom is 0.260 e. The van der Waals surface area contributed by atoms with Crippen molar-refractivity contribution in [2.24, 2.45) is 0 Å². The number of amides is 1. The smallest absolute Gasteiger partial charge is 0.260 e. The van der Waals surface area contributed by atoms with Gasteiger partial charge in [0.25, 0.3) is 5.91 Å². The van der Waals surface area contributed by atoms with Gasteiger partial charge in [-0.1, -0.05) is 23.7 Å². The standard InChI is InChI=1S/C22H23ClN4O2/c1-15-13-17(7-8-18(15)23)29-14-21(28)26-9-11-27(12-10-26)22-16(2)24-19-5-3-4-6-20(19)25-22/h3-8,13H,9-12,14H2,1-2H3. The number of fused-ring (bicyclic) bond motifs is 1. The Balaban J connectivity index is 1.36. The van der Waals surface area contributed by atoms with Crippen molar-refractivity contribution in [3.63, 3.8) is 0 Å². The lowest BCUT2D eigenvalue weighted by Gasteiger charge is -2.35. The first-order valence-corrected chi connectivity index (χ1v) is 10.0. The largest absolute Gasteiger partial charge is 0.484 e. The topological polar surface area (TPSA) is 58.6 Å². The second-order valence-electron chi connectivity index (χ2n) is 7.19. The molecule has 1 aliphatic heterocycles. The van der Waals surface area contributed by atoms with Gasteiger partial charge in [0.05, 0.1) is 16.7 Å². The van der Waals surface area contributed by atoms with Crippen LogP contribution in [0.15, 0.2) is 42.5 Å². The predicted octanol–water partition coefficient (Wildman–Crippen LogP) is 3.63. The van der Waals surface area contributed by atoms with E-state index in [1.54, 1.807) is 12.1 Å². The highest BCUT2D eigenvalue weighted by Gasteiger charge is 2.23. The van der Waals surface area contributed by atoms with Crippen LogP contribution in [-0.2, 0) is 4.79 Å². The first kappa shape index (κ1) is 19.5. The van der Waals surface area contributed by atoms with Crippen molar-refractivity contribution in [3.8, 4) is 5.75 Å². The van der Waals surface area contributed by atoms with Crippen LogP contribution in [0.2, 0.25) is 5.02 Å². The van der Waals surface area contributed by atoms with Crippen molar-refractivity contribution in [1.29, 1.82) is 0 Å². The van der Waals surface area contributed by atoms with Gasteiger partial charge in [0.2, 0.25) is 0 Å². The lowest BCUT2D eigenvalue weighted by molar-refractivity contribution is -0.133. The fourth-order valence-electron chi connectivity index (χ4n) is 3.49.